The number of nitrogens with zero attached hydrogens (tertiary/aromatic N) is 3. The molecular formula is C29H34Cl3N3O4. The highest BCUT2D eigenvalue weighted by Crippen LogP contribution is 2.67. The number of fused-ring (bicyclic) bond motifs is 1. The molecule has 7 nitrogen and oxygen atoms in total. The number of carbonyl (C=O) groups excluding carboxylic acids is 2. The molecule has 1 amide bonds. The molecule has 3 saturated carbocycles. The van der Waals surface area contributed by atoms with Crippen molar-refractivity contribution in [2.75, 3.05) is 6.54 Å². The molecule has 1 aromatic carbocycles. The number of hydrogen-bond donors (Lipinski definition) is 1. The van der Waals surface area contributed by atoms with Gasteiger partial charge < -0.3 is 10.0 Å². The zero-order chi connectivity index (χ0) is 28.4. The molecule has 0 spiro atoms. The molecule has 3 fully saturated rings. The summed E-state index contributed by atoms with van der Waals surface area (Å²) in [6, 6.07) is 3.20. The number of rotatable bonds is 7. The van der Waals surface area contributed by atoms with Crippen LogP contribution in [0.4, 0.5) is 0 Å². The molecule has 3 aliphatic carbocycles. The Morgan fingerprint density at radius 2 is 1.62 bits per heavy atom. The summed E-state index contributed by atoms with van der Waals surface area (Å²) >= 11 is 19.6. The fraction of sp³-hybridized carbons (Fsp3) is 0.586. The lowest BCUT2D eigenvalue weighted by Crippen LogP contribution is -2.43. The van der Waals surface area contributed by atoms with Gasteiger partial charge >= 0.3 is 5.97 Å². The van der Waals surface area contributed by atoms with Crippen LogP contribution in [-0.2, 0) is 4.79 Å². The number of carboxylic acids is 1. The van der Waals surface area contributed by atoms with E-state index in [0.29, 0.717) is 37.5 Å². The zero-order valence-electron chi connectivity index (χ0n) is 22.6. The number of ketones is 1. The van der Waals surface area contributed by atoms with Crippen molar-refractivity contribution in [3.05, 3.63) is 50.2 Å². The van der Waals surface area contributed by atoms with Gasteiger partial charge in [-0.1, -0.05) is 48.7 Å². The van der Waals surface area contributed by atoms with E-state index < -0.39 is 11.4 Å². The van der Waals surface area contributed by atoms with Crippen LogP contribution in [0.2, 0.25) is 15.2 Å². The number of benzene rings is 1. The Bertz CT molecular complexity index is 1310. The Morgan fingerprint density at radius 3 is 2.15 bits per heavy atom. The van der Waals surface area contributed by atoms with Gasteiger partial charge in [0.1, 0.15) is 5.15 Å². The lowest BCUT2D eigenvalue weighted by Gasteiger charge is -2.34. The minimum absolute atomic E-state index is 0.0911. The first kappa shape index (κ1) is 28.4. The summed E-state index contributed by atoms with van der Waals surface area (Å²) < 4.78 is 1.64. The summed E-state index contributed by atoms with van der Waals surface area (Å²) in [5.74, 6) is -0.418. The molecule has 10 heteroatoms. The molecule has 1 aromatic heterocycles. The van der Waals surface area contributed by atoms with Gasteiger partial charge in [-0.3, -0.25) is 19.1 Å². The summed E-state index contributed by atoms with van der Waals surface area (Å²) in [4.78, 5) is 40.8. The van der Waals surface area contributed by atoms with Gasteiger partial charge in [0, 0.05) is 6.04 Å². The third-order valence-electron chi connectivity index (χ3n) is 9.71. The first-order chi connectivity index (χ1) is 18.2. The lowest BCUT2D eigenvalue weighted by molar-refractivity contribution is -0.150. The van der Waals surface area contributed by atoms with Crippen LogP contribution in [-0.4, -0.2) is 50.0 Å². The quantitative estimate of drug-likeness (QED) is 0.345. The highest BCUT2D eigenvalue weighted by Gasteiger charge is 2.63. The van der Waals surface area contributed by atoms with E-state index in [2.05, 4.69) is 18.9 Å². The predicted molar refractivity (Wildman–Crippen MR) is 151 cm³/mol. The van der Waals surface area contributed by atoms with Crippen LogP contribution in [0.1, 0.15) is 91.6 Å². The normalized spacial score (nSPS) is 29.1. The fourth-order valence-corrected chi connectivity index (χ4v) is 8.01. The number of halogens is 3. The maximum atomic E-state index is 14.0. The summed E-state index contributed by atoms with van der Waals surface area (Å²) in [7, 11) is 0. The molecule has 3 atom stereocenters. The van der Waals surface area contributed by atoms with Crippen molar-refractivity contribution in [3.63, 3.8) is 0 Å². The molecule has 0 radical (unpaired) electrons. The maximum Gasteiger partial charge on any atom is 0.309 e. The number of carbonyl (C=O) groups is 3. The SMILES string of the molecule is Cc1cc(Cl)c(C(=O)CN(C(=O)c2cnn([C@H]3CC[C@](C)(C(=O)O)CC3)c2Cl)[C@@H]2C[C@@H]3[C@H](C2)C3(C)C)c(Cl)c1. The number of aryl methyl sites for hydroxylation is 1. The lowest BCUT2D eigenvalue weighted by atomic mass is 9.74. The van der Waals surface area contributed by atoms with Gasteiger partial charge in [-0.05, 0) is 87.3 Å². The van der Waals surface area contributed by atoms with Crippen molar-refractivity contribution in [2.24, 2.45) is 22.7 Å². The van der Waals surface area contributed by atoms with Crippen LogP contribution in [0.15, 0.2) is 18.3 Å². The minimum atomic E-state index is -0.796. The third kappa shape index (κ3) is 5.00. The predicted octanol–water partition coefficient (Wildman–Crippen LogP) is 7.12. The topological polar surface area (TPSA) is 92.5 Å². The molecule has 0 aliphatic heterocycles. The summed E-state index contributed by atoms with van der Waals surface area (Å²) in [6.45, 7) is 7.96. The summed E-state index contributed by atoms with van der Waals surface area (Å²) in [5.41, 5.74) is 0.805. The molecule has 1 heterocycles. The van der Waals surface area contributed by atoms with Crippen molar-refractivity contribution in [1.29, 1.82) is 0 Å². The maximum absolute atomic E-state index is 14.0. The largest absolute Gasteiger partial charge is 0.481 e. The average molecular weight is 595 g/mol. The van der Waals surface area contributed by atoms with Crippen molar-refractivity contribution >= 4 is 52.5 Å². The van der Waals surface area contributed by atoms with Crippen molar-refractivity contribution < 1.29 is 19.5 Å². The molecule has 3 aliphatic rings. The number of carboxylic acid groups (broad SMARTS) is 1. The highest BCUT2D eigenvalue weighted by atomic mass is 35.5. The molecule has 1 N–H and O–H groups in total. The van der Waals surface area contributed by atoms with Gasteiger partial charge in [-0.25, -0.2) is 0 Å². The number of amides is 1. The van der Waals surface area contributed by atoms with Gasteiger partial charge in [0.2, 0.25) is 0 Å². The van der Waals surface area contributed by atoms with Crippen LogP contribution in [0.5, 0.6) is 0 Å². The van der Waals surface area contributed by atoms with Crippen LogP contribution >= 0.6 is 34.8 Å². The van der Waals surface area contributed by atoms with E-state index in [1.54, 1.807) is 28.6 Å². The van der Waals surface area contributed by atoms with E-state index in [1.807, 2.05) is 6.92 Å². The zero-order valence-corrected chi connectivity index (χ0v) is 24.9. The number of Topliss-reactive ketones (excluding diaryl/α,β-unsaturated/α-hetero) is 1. The van der Waals surface area contributed by atoms with Crippen LogP contribution in [0.25, 0.3) is 0 Å². The van der Waals surface area contributed by atoms with Crippen LogP contribution in [0, 0.1) is 29.6 Å². The number of hydrogen-bond acceptors (Lipinski definition) is 4. The van der Waals surface area contributed by atoms with Crippen molar-refractivity contribution in [1.82, 2.24) is 14.7 Å². The Morgan fingerprint density at radius 1 is 1.05 bits per heavy atom. The second-order valence-electron chi connectivity index (χ2n) is 12.5. The van der Waals surface area contributed by atoms with Gasteiger partial charge in [0.15, 0.2) is 5.78 Å². The van der Waals surface area contributed by atoms with Crippen LogP contribution < -0.4 is 0 Å². The second kappa shape index (κ2) is 10.1. The first-order valence-corrected chi connectivity index (χ1v) is 14.6. The van der Waals surface area contributed by atoms with E-state index in [9.17, 15) is 19.5 Å². The minimum Gasteiger partial charge on any atom is -0.481 e. The van der Waals surface area contributed by atoms with Crippen molar-refractivity contribution in [2.45, 2.75) is 78.3 Å². The second-order valence-corrected chi connectivity index (χ2v) is 13.7. The smallest absolute Gasteiger partial charge is 0.309 e. The van der Waals surface area contributed by atoms with Crippen molar-refractivity contribution in [3.8, 4) is 0 Å². The van der Waals surface area contributed by atoms with E-state index in [4.69, 9.17) is 34.8 Å². The summed E-state index contributed by atoms with van der Waals surface area (Å²) in [5, 5.41) is 14.8. The monoisotopic (exact) mass is 593 g/mol. The Hall–Kier alpha value is -2.09. The van der Waals surface area contributed by atoms with Gasteiger partial charge in [0.05, 0.1) is 45.4 Å². The Balaban J connectivity index is 1.40. The number of aliphatic carboxylic acids is 1. The summed E-state index contributed by atoms with van der Waals surface area (Å²) in [6.07, 6.45) is 5.34. The van der Waals surface area contributed by atoms with Crippen LogP contribution in [0.3, 0.4) is 0 Å². The molecular weight excluding hydrogens is 561 g/mol. The Labute approximate surface area is 243 Å². The van der Waals surface area contributed by atoms with Gasteiger partial charge in [-0.2, -0.15) is 5.10 Å². The molecule has 210 valence electrons. The van der Waals surface area contributed by atoms with E-state index >= 15 is 0 Å². The molecule has 2 aromatic rings. The van der Waals surface area contributed by atoms with E-state index in [0.717, 1.165) is 18.4 Å². The first-order valence-electron chi connectivity index (χ1n) is 13.5. The van der Waals surface area contributed by atoms with E-state index in [-0.39, 0.29) is 62.1 Å². The molecule has 0 unspecified atom stereocenters. The molecule has 5 rings (SSSR count). The highest BCUT2D eigenvalue weighted by molar-refractivity contribution is 6.40. The standard InChI is InChI=1S/C29H34Cl3N3O4/c1-15-9-21(30)24(22(31)10-15)23(36)14-34(17-11-19-20(12-17)28(19,2)3)26(37)18-13-33-35(25(18)32)16-5-7-29(4,8-6-16)27(38)39/h9-10,13,16-17,19-20H,5-8,11-12,14H2,1-4H3,(H,38,39)/t16-,17-,19-,20+,29-. The fourth-order valence-electron chi connectivity index (χ4n) is 6.90. The average Bonchev–Trinajstić information content (AvgIpc) is 3.23. The third-order valence-corrected chi connectivity index (χ3v) is 10.7. The Kier molecular flexibility index (Phi) is 7.35. The van der Waals surface area contributed by atoms with E-state index in [1.165, 1.54) is 6.20 Å². The van der Waals surface area contributed by atoms with Gasteiger partial charge in [0.25, 0.3) is 5.91 Å². The molecule has 0 bridgehead atoms. The molecule has 39 heavy (non-hydrogen) atoms. The number of aromatic nitrogens is 2. The van der Waals surface area contributed by atoms with Gasteiger partial charge in [-0.15, -0.1) is 0 Å². The molecule has 0 saturated heterocycles.